The molecule has 1 fully saturated rings. The molecule has 98 valence electrons. The summed E-state index contributed by atoms with van der Waals surface area (Å²) in [7, 11) is 0. The van der Waals surface area contributed by atoms with E-state index >= 15 is 0 Å². The van der Waals surface area contributed by atoms with Gasteiger partial charge in [0.05, 0.1) is 5.92 Å². The van der Waals surface area contributed by atoms with Gasteiger partial charge in [-0.2, -0.15) is 0 Å². The molecule has 1 aromatic carbocycles. The number of carbonyl (C=O) groups excluding carboxylic acids is 1. The average Bonchev–Trinajstić information content (AvgIpc) is 2.38. The summed E-state index contributed by atoms with van der Waals surface area (Å²) in [6.45, 7) is 9.66. The van der Waals surface area contributed by atoms with Crippen LogP contribution in [0.1, 0.15) is 29.5 Å². The molecular formula is C15H22N2O. The Bertz CT molecular complexity index is 436. The fourth-order valence-electron chi connectivity index (χ4n) is 2.60. The summed E-state index contributed by atoms with van der Waals surface area (Å²) >= 11 is 0. The van der Waals surface area contributed by atoms with Crippen LogP contribution in [0.25, 0.3) is 0 Å². The third-order valence-electron chi connectivity index (χ3n) is 3.69. The fourth-order valence-corrected chi connectivity index (χ4v) is 2.60. The normalized spacial score (nSPS) is 17.6. The predicted molar refractivity (Wildman–Crippen MR) is 73.8 cm³/mol. The first-order valence-corrected chi connectivity index (χ1v) is 6.66. The summed E-state index contributed by atoms with van der Waals surface area (Å²) < 4.78 is 0. The van der Waals surface area contributed by atoms with Crippen molar-refractivity contribution in [2.45, 2.75) is 26.7 Å². The maximum absolute atomic E-state index is 12.4. The molecule has 1 heterocycles. The lowest BCUT2D eigenvalue weighted by molar-refractivity contribution is -0.133. The molecule has 1 aromatic rings. The number of hydrogen-bond donors (Lipinski definition) is 1. The Hall–Kier alpha value is -1.35. The number of rotatable bonds is 2. The molecule has 1 aliphatic rings. The SMILES string of the molecule is Cc1ccc(C(C)C(=O)N2CCNCC2)c(C)c1. The van der Waals surface area contributed by atoms with Crippen LogP contribution in [0.5, 0.6) is 0 Å². The van der Waals surface area contributed by atoms with E-state index in [4.69, 9.17) is 0 Å². The number of hydrogen-bond acceptors (Lipinski definition) is 2. The zero-order valence-corrected chi connectivity index (χ0v) is 11.5. The highest BCUT2D eigenvalue weighted by Gasteiger charge is 2.23. The summed E-state index contributed by atoms with van der Waals surface area (Å²) in [6.07, 6.45) is 0. The number of piperazine rings is 1. The summed E-state index contributed by atoms with van der Waals surface area (Å²) in [5.41, 5.74) is 3.62. The molecule has 0 spiro atoms. The van der Waals surface area contributed by atoms with Gasteiger partial charge in [-0.25, -0.2) is 0 Å². The van der Waals surface area contributed by atoms with Gasteiger partial charge in [0.2, 0.25) is 5.91 Å². The van der Waals surface area contributed by atoms with Crippen LogP contribution in [0.2, 0.25) is 0 Å². The minimum absolute atomic E-state index is 0.0382. The Morgan fingerprint density at radius 3 is 2.56 bits per heavy atom. The molecule has 18 heavy (non-hydrogen) atoms. The Balaban J connectivity index is 2.14. The van der Waals surface area contributed by atoms with Crippen molar-refractivity contribution >= 4 is 5.91 Å². The van der Waals surface area contributed by atoms with Crippen molar-refractivity contribution in [1.82, 2.24) is 10.2 Å². The summed E-state index contributed by atoms with van der Waals surface area (Å²) in [6, 6.07) is 6.33. The van der Waals surface area contributed by atoms with E-state index in [1.54, 1.807) is 0 Å². The molecule has 1 N–H and O–H groups in total. The van der Waals surface area contributed by atoms with Gasteiger partial charge >= 0.3 is 0 Å². The van der Waals surface area contributed by atoms with Gasteiger partial charge in [0.1, 0.15) is 0 Å². The van der Waals surface area contributed by atoms with Crippen molar-refractivity contribution in [1.29, 1.82) is 0 Å². The number of carbonyl (C=O) groups is 1. The quantitative estimate of drug-likeness (QED) is 0.863. The van der Waals surface area contributed by atoms with Crippen molar-refractivity contribution in [3.8, 4) is 0 Å². The van der Waals surface area contributed by atoms with Crippen LogP contribution < -0.4 is 5.32 Å². The van der Waals surface area contributed by atoms with E-state index < -0.39 is 0 Å². The van der Waals surface area contributed by atoms with E-state index in [2.05, 4.69) is 37.4 Å². The van der Waals surface area contributed by atoms with Gasteiger partial charge in [0.25, 0.3) is 0 Å². The first-order chi connectivity index (χ1) is 8.59. The highest BCUT2D eigenvalue weighted by molar-refractivity contribution is 5.83. The lowest BCUT2D eigenvalue weighted by atomic mass is 9.94. The number of nitrogens with one attached hydrogen (secondary N) is 1. The summed E-state index contributed by atoms with van der Waals surface area (Å²) in [5, 5.41) is 3.27. The van der Waals surface area contributed by atoms with E-state index in [9.17, 15) is 4.79 Å². The molecule has 0 bridgehead atoms. The maximum atomic E-state index is 12.4. The lowest BCUT2D eigenvalue weighted by Crippen LogP contribution is -2.47. The van der Waals surface area contributed by atoms with Gasteiger partial charge in [-0.05, 0) is 31.9 Å². The van der Waals surface area contributed by atoms with Gasteiger partial charge in [-0.1, -0.05) is 23.8 Å². The van der Waals surface area contributed by atoms with Gasteiger partial charge in [0.15, 0.2) is 0 Å². The van der Waals surface area contributed by atoms with E-state index in [-0.39, 0.29) is 11.8 Å². The number of amides is 1. The van der Waals surface area contributed by atoms with Gasteiger partial charge < -0.3 is 10.2 Å². The molecular weight excluding hydrogens is 224 g/mol. The molecule has 1 saturated heterocycles. The third-order valence-corrected chi connectivity index (χ3v) is 3.69. The monoisotopic (exact) mass is 246 g/mol. The molecule has 1 atom stereocenters. The molecule has 2 rings (SSSR count). The lowest BCUT2D eigenvalue weighted by Gasteiger charge is -2.30. The standard InChI is InChI=1S/C15H22N2O/c1-11-4-5-14(12(2)10-11)13(3)15(18)17-8-6-16-7-9-17/h4-5,10,13,16H,6-9H2,1-3H3. The van der Waals surface area contributed by atoms with Crippen LogP contribution in [-0.2, 0) is 4.79 Å². The Morgan fingerprint density at radius 2 is 1.94 bits per heavy atom. The van der Waals surface area contributed by atoms with Crippen molar-refractivity contribution < 1.29 is 4.79 Å². The number of nitrogens with zero attached hydrogens (tertiary/aromatic N) is 1. The van der Waals surface area contributed by atoms with Gasteiger partial charge in [-0.3, -0.25) is 4.79 Å². The smallest absolute Gasteiger partial charge is 0.229 e. The van der Waals surface area contributed by atoms with Crippen molar-refractivity contribution in [3.05, 3.63) is 34.9 Å². The van der Waals surface area contributed by atoms with Crippen LogP contribution >= 0.6 is 0 Å². The molecule has 0 saturated carbocycles. The molecule has 0 aromatic heterocycles. The molecule has 3 heteroatoms. The minimum atomic E-state index is -0.0382. The second kappa shape index (κ2) is 5.53. The van der Waals surface area contributed by atoms with E-state index in [0.717, 1.165) is 31.7 Å². The summed E-state index contributed by atoms with van der Waals surface area (Å²) in [4.78, 5) is 14.4. The maximum Gasteiger partial charge on any atom is 0.229 e. The molecule has 1 aliphatic heterocycles. The first kappa shape index (κ1) is 13.1. The topological polar surface area (TPSA) is 32.3 Å². The zero-order valence-electron chi connectivity index (χ0n) is 11.5. The fraction of sp³-hybridized carbons (Fsp3) is 0.533. The first-order valence-electron chi connectivity index (χ1n) is 6.66. The average molecular weight is 246 g/mol. The van der Waals surface area contributed by atoms with Gasteiger partial charge in [0, 0.05) is 26.2 Å². The Labute approximate surface area is 109 Å². The zero-order chi connectivity index (χ0) is 13.1. The second-order valence-corrected chi connectivity index (χ2v) is 5.16. The third kappa shape index (κ3) is 2.72. The van der Waals surface area contributed by atoms with Gasteiger partial charge in [-0.15, -0.1) is 0 Å². The molecule has 1 unspecified atom stereocenters. The predicted octanol–water partition coefficient (Wildman–Crippen LogP) is 1.84. The van der Waals surface area contributed by atoms with E-state index in [1.165, 1.54) is 11.1 Å². The van der Waals surface area contributed by atoms with E-state index in [0.29, 0.717) is 0 Å². The molecule has 0 radical (unpaired) electrons. The summed E-state index contributed by atoms with van der Waals surface area (Å²) in [5.74, 6) is 0.215. The van der Waals surface area contributed by atoms with Crippen LogP contribution in [0.4, 0.5) is 0 Å². The van der Waals surface area contributed by atoms with Crippen LogP contribution in [0.3, 0.4) is 0 Å². The number of benzene rings is 1. The van der Waals surface area contributed by atoms with Crippen molar-refractivity contribution in [2.24, 2.45) is 0 Å². The van der Waals surface area contributed by atoms with Crippen LogP contribution in [-0.4, -0.2) is 37.0 Å². The number of aryl methyl sites for hydroxylation is 2. The second-order valence-electron chi connectivity index (χ2n) is 5.16. The Kier molecular flexibility index (Phi) is 4.02. The molecule has 1 amide bonds. The molecule has 0 aliphatic carbocycles. The Morgan fingerprint density at radius 1 is 1.28 bits per heavy atom. The van der Waals surface area contributed by atoms with E-state index in [1.807, 2.05) is 11.8 Å². The van der Waals surface area contributed by atoms with Crippen molar-refractivity contribution in [3.63, 3.8) is 0 Å². The van der Waals surface area contributed by atoms with Crippen LogP contribution in [0.15, 0.2) is 18.2 Å². The van der Waals surface area contributed by atoms with Crippen molar-refractivity contribution in [2.75, 3.05) is 26.2 Å². The highest BCUT2D eigenvalue weighted by Crippen LogP contribution is 2.22. The highest BCUT2D eigenvalue weighted by atomic mass is 16.2. The molecule has 3 nitrogen and oxygen atoms in total. The van der Waals surface area contributed by atoms with Crippen LogP contribution in [0, 0.1) is 13.8 Å². The largest absolute Gasteiger partial charge is 0.340 e. The minimum Gasteiger partial charge on any atom is -0.340 e.